The zero-order valence-corrected chi connectivity index (χ0v) is 19.1. The van der Waals surface area contributed by atoms with Crippen molar-refractivity contribution in [3.63, 3.8) is 0 Å². The monoisotopic (exact) mass is 430 g/mol. The molecule has 0 spiro atoms. The van der Waals surface area contributed by atoms with Crippen LogP contribution in [0.3, 0.4) is 0 Å². The quantitative estimate of drug-likeness (QED) is 0.355. The summed E-state index contributed by atoms with van der Waals surface area (Å²) in [7, 11) is 1.67. The van der Waals surface area contributed by atoms with Crippen LogP contribution in [0.5, 0.6) is 5.75 Å². The summed E-state index contributed by atoms with van der Waals surface area (Å²) >= 11 is 1.66. The van der Waals surface area contributed by atoms with Crippen molar-refractivity contribution in [2.24, 2.45) is 0 Å². The number of pyridine rings is 1. The van der Waals surface area contributed by atoms with Crippen molar-refractivity contribution < 1.29 is 4.74 Å². The van der Waals surface area contributed by atoms with Crippen molar-refractivity contribution in [3.05, 3.63) is 84.1 Å². The molecule has 0 aliphatic heterocycles. The maximum atomic E-state index is 5.31. The maximum Gasteiger partial charge on any atom is 0.196 e. The average molecular weight is 431 g/mol. The fraction of sp³-hybridized carbons (Fsp3) is 0.240. The van der Waals surface area contributed by atoms with Crippen LogP contribution in [0.1, 0.15) is 31.9 Å². The number of hydrogen-bond donors (Lipinski definition) is 0. The van der Waals surface area contributed by atoms with Gasteiger partial charge >= 0.3 is 0 Å². The molecule has 4 rings (SSSR count). The highest BCUT2D eigenvalue weighted by molar-refractivity contribution is 7.98. The van der Waals surface area contributed by atoms with Crippen LogP contribution in [0, 0.1) is 0 Å². The maximum absolute atomic E-state index is 5.31. The summed E-state index contributed by atoms with van der Waals surface area (Å²) in [6.45, 7) is 6.69. The number of methoxy groups -OCH3 is 1. The first kappa shape index (κ1) is 21.1. The van der Waals surface area contributed by atoms with Gasteiger partial charge < -0.3 is 4.74 Å². The molecule has 0 atom stereocenters. The van der Waals surface area contributed by atoms with Crippen LogP contribution in [0.4, 0.5) is 0 Å². The summed E-state index contributed by atoms with van der Waals surface area (Å²) in [5.41, 5.74) is 4.49. The molecule has 0 aliphatic carbocycles. The first-order valence-corrected chi connectivity index (χ1v) is 11.2. The fourth-order valence-electron chi connectivity index (χ4n) is 3.24. The van der Waals surface area contributed by atoms with E-state index < -0.39 is 0 Å². The number of rotatable bonds is 6. The van der Waals surface area contributed by atoms with E-state index in [1.165, 1.54) is 11.1 Å². The smallest absolute Gasteiger partial charge is 0.196 e. The highest BCUT2D eigenvalue weighted by atomic mass is 32.2. The predicted molar refractivity (Wildman–Crippen MR) is 126 cm³/mol. The van der Waals surface area contributed by atoms with Crippen molar-refractivity contribution in [1.82, 2.24) is 19.7 Å². The molecule has 2 aromatic carbocycles. The van der Waals surface area contributed by atoms with Gasteiger partial charge in [-0.05, 0) is 52.9 Å². The molecule has 0 amide bonds. The van der Waals surface area contributed by atoms with Crippen molar-refractivity contribution in [1.29, 1.82) is 0 Å². The van der Waals surface area contributed by atoms with Gasteiger partial charge in [0, 0.05) is 11.9 Å². The van der Waals surface area contributed by atoms with E-state index >= 15 is 0 Å². The number of hydrogen-bond acceptors (Lipinski definition) is 5. The standard InChI is InChI=1S/C25H26N4OS/c1-25(2,3)19-10-8-18(9-11-19)17-31-24-28-27-23(22-7-5-6-16-26-22)29(24)20-12-14-21(30-4)15-13-20/h5-16H,17H2,1-4H3. The van der Waals surface area contributed by atoms with Gasteiger partial charge in [-0.2, -0.15) is 0 Å². The normalized spacial score (nSPS) is 11.5. The minimum absolute atomic E-state index is 0.151. The molecule has 0 aliphatic rings. The van der Waals surface area contributed by atoms with Crippen molar-refractivity contribution in [2.45, 2.75) is 37.1 Å². The Morgan fingerprint density at radius 3 is 2.26 bits per heavy atom. The first-order chi connectivity index (χ1) is 15.0. The Morgan fingerprint density at radius 2 is 1.65 bits per heavy atom. The molecule has 5 nitrogen and oxygen atoms in total. The van der Waals surface area contributed by atoms with Gasteiger partial charge in [0.2, 0.25) is 0 Å². The molecule has 2 aromatic heterocycles. The Morgan fingerprint density at radius 1 is 0.903 bits per heavy atom. The molecule has 0 unspecified atom stereocenters. The summed E-state index contributed by atoms with van der Waals surface area (Å²) in [6.07, 6.45) is 1.77. The zero-order valence-electron chi connectivity index (χ0n) is 18.2. The number of thioether (sulfide) groups is 1. The molecule has 0 N–H and O–H groups in total. The van der Waals surface area contributed by atoms with Gasteiger partial charge in [0.15, 0.2) is 11.0 Å². The summed E-state index contributed by atoms with van der Waals surface area (Å²) in [5, 5.41) is 9.78. The summed E-state index contributed by atoms with van der Waals surface area (Å²) in [6, 6.07) is 22.5. The number of aromatic nitrogens is 4. The van der Waals surface area contributed by atoms with E-state index in [9.17, 15) is 0 Å². The second-order valence-corrected chi connectivity index (χ2v) is 9.23. The molecule has 158 valence electrons. The number of ether oxygens (including phenoxy) is 1. The number of nitrogens with zero attached hydrogens (tertiary/aromatic N) is 4. The van der Waals surface area contributed by atoms with Crippen molar-refractivity contribution in [2.75, 3.05) is 7.11 Å². The molecular weight excluding hydrogens is 404 g/mol. The van der Waals surface area contributed by atoms with E-state index in [-0.39, 0.29) is 5.41 Å². The number of benzene rings is 2. The SMILES string of the molecule is COc1ccc(-n2c(SCc3ccc(C(C)(C)C)cc3)nnc2-c2ccccn2)cc1. The van der Waals surface area contributed by atoms with Crippen molar-refractivity contribution >= 4 is 11.8 Å². The first-order valence-electron chi connectivity index (χ1n) is 10.2. The third kappa shape index (κ3) is 4.80. The largest absolute Gasteiger partial charge is 0.497 e. The molecule has 0 radical (unpaired) electrons. The molecule has 6 heteroatoms. The summed E-state index contributed by atoms with van der Waals surface area (Å²) in [5.74, 6) is 2.33. The van der Waals surface area contributed by atoms with Gasteiger partial charge in [-0.15, -0.1) is 10.2 Å². The molecule has 0 fully saturated rings. The third-order valence-electron chi connectivity index (χ3n) is 5.05. The van der Waals surface area contributed by atoms with Crippen LogP contribution in [-0.4, -0.2) is 26.9 Å². The second-order valence-electron chi connectivity index (χ2n) is 8.29. The Kier molecular flexibility index (Phi) is 6.09. The van der Waals surface area contributed by atoms with Crippen molar-refractivity contribution in [3.8, 4) is 23.0 Å². The molecule has 2 heterocycles. The molecular formula is C25H26N4OS. The third-order valence-corrected chi connectivity index (χ3v) is 6.05. The minimum atomic E-state index is 0.151. The van der Waals surface area contributed by atoms with E-state index in [1.807, 2.05) is 42.5 Å². The van der Waals surface area contributed by atoms with E-state index in [1.54, 1.807) is 25.1 Å². The van der Waals surface area contributed by atoms with Crippen LogP contribution in [0.25, 0.3) is 17.2 Å². The minimum Gasteiger partial charge on any atom is -0.497 e. The Labute approximate surface area is 187 Å². The predicted octanol–water partition coefficient (Wildman–Crippen LogP) is 5.93. The Hall–Kier alpha value is -3.12. The summed E-state index contributed by atoms with van der Waals surface area (Å²) in [4.78, 5) is 4.48. The lowest BCUT2D eigenvalue weighted by molar-refractivity contribution is 0.414. The van der Waals surface area contributed by atoms with E-state index in [2.05, 4.69) is 64.8 Å². The topological polar surface area (TPSA) is 52.8 Å². The highest BCUT2D eigenvalue weighted by Gasteiger charge is 2.18. The van der Waals surface area contributed by atoms with Crippen LogP contribution in [-0.2, 0) is 11.2 Å². The van der Waals surface area contributed by atoms with Gasteiger partial charge in [0.25, 0.3) is 0 Å². The second kappa shape index (κ2) is 8.94. The molecule has 0 bridgehead atoms. The van der Waals surface area contributed by atoms with Crippen LogP contribution in [0.2, 0.25) is 0 Å². The lowest BCUT2D eigenvalue weighted by Gasteiger charge is -2.19. The highest BCUT2D eigenvalue weighted by Crippen LogP contribution is 2.30. The molecule has 31 heavy (non-hydrogen) atoms. The van der Waals surface area contributed by atoms with Gasteiger partial charge in [0.1, 0.15) is 11.4 Å². The van der Waals surface area contributed by atoms with E-state index in [4.69, 9.17) is 4.74 Å². The lowest BCUT2D eigenvalue weighted by atomic mass is 9.87. The Balaban J connectivity index is 1.65. The zero-order chi connectivity index (χ0) is 21.8. The Bertz CT molecular complexity index is 1130. The summed E-state index contributed by atoms with van der Waals surface area (Å²) < 4.78 is 7.36. The average Bonchev–Trinajstić information content (AvgIpc) is 3.22. The molecule has 0 saturated carbocycles. The van der Waals surface area contributed by atoms with Gasteiger partial charge in [-0.1, -0.05) is 62.9 Å². The molecule has 0 saturated heterocycles. The van der Waals surface area contributed by atoms with Crippen LogP contribution >= 0.6 is 11.8 Å². The van der Waals surface area contributed by atoms with E-state index in [0.29, 0.717) is 0 Å². The van der Waals surface area contributed by atoms with Crippen LogP contribution in [0.15, 0.2) is 78.1 Å². The molecule has 4 aromatic rings. The van der Waals surface area contributed by atoms with Gasteiger partial charge in [0.05, 0.1) is 12.8 Å². The van der Waals surface area contributed by atoms with E-state index in [0.717, 1.165) is 33.9 Å². The fourth-order valence-corrected chi connectivity index (χ4v) is 4.15. The van der Waals surface area contributed by atoms with Crippen LogP contribution < -0.4 is 4.74 Å². The lowest BCUT2D eigenvalue weighted by Crippen LogP contribution is -2.10. The van der Waals surface area contributed by atoms with Gasteiger partial charge in [-0.25, -0.2) is 0 Å². The van der Waals surface area contributed by atoms with Gasteiger partial charge in [-0.3, -0.25) is 9.55 Å².